The maximum absolute atomic E-state index is 13.9. The Morgan fingerprint density at radius 3 is 2.23 bits per heavy atom. The predicted molar refractivity (Wildman–Crippen MR) is 77.7 cm³/mol. The third-order valence-electron chi connectivity index (χ3n) is 3.06. The number of hydrogen-bond donors (Lipinski definition) is 0. The average molecular weight is 302 g/mol. The lowest BCUT2D eigenvalue weighted by Crippen LogP contribution is -2.02. The van der Waals surface area contributed by atoms with Gasteiger partial charge in [0.05, 0.1) is 12.7 Å². The van der Waals surface area contributed by atoms with Gasteiger partial charge in [-0.1, -0.05) is 17.7 Å². The highest BCUT2D eigenvalue weighted by molar-refractivity contribution is 5.90. The summed E-state index contributed by atoms with van der Waals surface area (Å²) >= 11 is 0. The predicted octanol–water partition coefficient (Wildman–Crippen LogP) is 3.31. The number of aryl methyl sites for hydroxylation is 2. The van der Waals surface area contributed by atoms with E-state index < -0.39 is 0 Å². The van der Waals surface area contributed by atoms with Crippen LogP contribution >= 0.6 is 0 Å². The average Bonchev–Trinajstić information content (AvgIpc) is 2.50. The number of benzene rings is 2. The fourth-order valence-corrected chi connectivity index (χ4v) is 2.06. The largest absolute Gasteiger partial charge is 0.465 e. The summed E-state index contributed by atoms with van der Waals surface area (Å²) in [5.74, 6) is -0.654. The maximum atomic E-state index is 13.9. The highest BCUT2D eigenvalue weighted by atomic mass is 19.1. The lowest BCUT2D eigenvalue weighted by Gasteiger charge is -2.10. The van der Waals surface area contributed by atoms with E-state index >= 15 is 0 Å². The maximum Gasteiger partial charge on any atom is 0.373 e. The molecule has 0 aliphatic rings. The molecule has 0 bridgehead atoms. The second-order valence-electron chi connectivity index (χ2n) is 4.59. The lowest BCUT2D eigenvalue weighted by atomic mass is 9.97. The summed E-state index contributed by atoms with van der Waals surface area (Å²) in [6.07, 6.45) is 0.250. The Balaban J connectivity index is 0.000000745. The molecule has 114 valence electrons. The molecule has 0 aromatic heterocycles. The summed E-state index contributed by atoms with van der Waals surface area (Å²) in [5, 5.41) is 0. The van der Waals surface area contributed by atoms with Crippen LogP contribution in [0.25, 0.3) is 11.1 Å². The van der Waals surface area contributed by atoms with Crippen molar-refractivity contribution in [1.29, 1.82) is 0 Å². The molecule has 0 atom stereocenters. The molecule has 0 spiro atoms. The van der Waals surface area contributed by atoms with Gasteiger partial charge < -0.3 is 4.74 Å². The lowest BCUT2D eigenvalue weighted by molar-refractivity contribution is -0.191. The van der Waals surface area contributed by atoms with Gasteiger partial charge in [0, 0.05) is 5.56 Å². The first-order valence-corrected chi connectivity index (χ1v) is 6.39. The number of carbonyl (C=O) groups is 1. The fraction of sp³-hybridized carbons (Fsp3) is 0.176. The molecule has 0 radical (unpaired) electrons. The molecule has 22 heavy (non-hydrogen) atoms. The van der Waals surface area contributed by atoms with Gasteiger partial charge in [-0.15, -0.1) is 0 Å². The van der Waals surface area contributed by atoms with Crippen LogP contribution in [-0.2, 0) is 14.3 Å². The second kappa shape index (κ2) is 7.86. The first-order chi connectivity index (χ1) is 10.4. The summed E-state index contributed by atoms with van der Waals surface area (Å²) in [7, 11) is 1.34. The number of methoxy groups -OCH3 is 1. The third kappa shape index (κ3) is 4.11. The number of esters is 1. The molecule has 4 nitrogen and oxygen atoms in total. The van der Waals surface area contributed by atoms with Crippen LogP contribution in [-0.4, -0.2) is 19.2 Å². The van der Waals surface area contributed by atoms with Crippen molar-refractivity contribution in [1.82, 2.24) is 0 Å². The van der Waals surface area contributed by atoms with Gasteiger partial charge in [-0.25, -0.2) is 9.18 Å². The quantitative estimate of drug-likeness (QED) is 0.798. The van der Waals surface area contributed by atoms with Crippen molar-refractivity contribution >= 4 is 12.1 Å². The molecule has 2 aromatic rings. The van der Waals surface area contributed by atoms with Crippen molar-refractivity contribution in [3.63, 3.8) is 0 Å². The Morgan fingerprint density at radius 2 is 1.68 bits per heavy atom. The van der Waals surface area contributed by atoms with Crippen molar-refractivity contribution in [2.24, 2.45) is 0 Å². The third-order valence-corrected chi connectivity index (χ3v) is 3.06. The highest BCUT2D eigenvalue weighted by Gasteiger charge is 2.11. The molecular weight excluding hydrogens is 287 g/mol. The molecule has 0 aliphatic heterocycles. The van der Waals surface area contributed by atoms with Gasteiger partial charge >= 0.3 is 12.1 Å². The first kappa shape index (κ1) is 17.3. The van der Waals surface area contributed by atoms with E-state index in [1.807, 2.05) is 13.8 Å². The molecule has 5 heteroatoms. The number of rotatable bonds is 2. The van der Waals surface area contributed by atoms with E-state index in [1.54, 1.807) is 30.3 Å². The van der Waals surface area contributed by atoms with Gasteiger partial charge in [0.15, 0.2) is 0 Å². The van der Waals surface area contributed by atoms with Gasteiger partial charge in [0.25, 0.3) is 0 Å². The zero-order chi connectivity index (χ0) is 16.7. The SMILES string of the molecule is COC(=O)c1ccc(-c2cc(C)ccc2F)c(C)c1.O=C=O. The normalized spacial score (nSPS) is 9.27. The van der Waals surface area contributed by atoms with Crippen LogP contribution in [0, 0.1) is 19.7 Å². The van der Waals surface area contributed by atoms with Gasteiger partial charge in [0.2, 0.25) is 0 Å². The summed E-state index contributed by atoms with van der Waals surface area (Å²) in [6.45, 7) is 3.77. The summed E-state index contributed by atoms with van der Waals surface area (Å²) in [4.78, 5) is 27.7. The van der Waals surface area contributed by atoms with Crippen molar-refractivity contribution in [2.45, 2.75) is 13.8 Å². The summed E-state index contributed by atoms with van der Waals surface area (Å²) in [6, 6.07) is 10.1. The molecule has 0 saturated heterocycles. The van der Waals surface area contributed by atoms with Crippen molar-refractivity contribution in [2.75, 3.05) is 7.11 Å². The van der Waals surface area contributed by atoms with E-state index in [9.17, 15) is 9.18 Å². The Bertz CT molecular complexity index is 717. The number of hydrogen-bond acceptors (Lipinski definition) is 4. The van der Waals surface area contributed by atoms with Gasteiger partial charge in [-0.05, 0) is 49.2 Å². The van der Waals surface area contributed by atoms with Crippen LogP contribution < -0.4 is 0 Å². The van der Waals surface area contributed by atoms with E-state index in [4.69, 9.17) is 9.59 Å². The van der Waals surface area contributed by atoms with Crippen LogP contribution in [0.5, 0.6) is 0 Å². The summed E-state index contributed by atoms with van der Waals surface area (Å²) < 4.78 is 18.5. The van der Waals surface area contributed by atoms with E-state index in [2.05, 4.69) is 4.74 Å². The number of ether oxygens (including phenoxy) is 1. The smallest absolute Gasteiger partial charge is 0.373 e. The Labute approximate surface area is 127 Å². The van der Waals surface area contributed by atoms with Gasteiger partial charge in [0.1, 0.15) is 5.82 Å². The molecule has 0 saturated carbocycles. The van der Waals surface area contributed by atoms with Crippen LogP contribution in [0.2, 0.25) is 0 Å². The van der Waals surface area contributed by atoms with Crippen LogP contribution in [0.3, 0.4) is 0 Å². The molecule has 2 rings (SSSR count). The second-order valence-corrected chi connectivity index (χ2v) is 4.59. The van der Waals surface area contributed by atoms with Crippen molar-refractivity contribution < 1.29 is 23.5 Å². The molecule has 0 amide bonds. The van der Waals surface area contributed by atoms with E-state index in [0.29, 0.717) is 11.1 Å². The molecular formula is C17H15FO4. The number of carbonyl (C=O) groups excluding carboxylic acids is 3. The Hall–Kier alpha value is -2.78. The van der Waals surface area contributed by atoms with E-state index in [0.717, 1.165) is 16.7 Å². The zero-order valence-corrected chi connectivity index (χ0v) is 12.5. The molecule has 0 N–H and O–H groups in total. The van der Waals surface area contributed by atoms with Crippen molar-refractivity contribution in [3.05, 3.63) is 58.9 Å². The zero-order valence-electron chi connectivity index (χ0n) is 12.5. The monoisotopic (exact) mass is 302 g/mol. The topological polar surface area (TPSA) is 60.4 Å². The van der Waals surface area contributed by atoms with Crippen LogP contribution in [0.4, 0.5) is 4.39 Å². The fourth-order valence-electron chi connectivity index (χ4n) is 2.06. The minimum absolute atomic E-state index is 0.250. The minimum Gasteiger partial charge on any atom is -0.465 e. The van der Waals surface area contributed by atoms with Gasteiger partial charge in [-0.3, -0.25) is 0 Å². The van der Waals surface area contributed by atoms with Crippen LogP contribution in [0.1, 0.15) is 21.5 Å². The minimum atomic E-state index is -0.389. The van der Waals surface area contributed by atoms with E-state index in [-0.39, 0.29) is 17.9 Å². The van der Waals surface area contributed by atoms with Crippen LogP contribution in [0.15, 0.2) is 36.4 Å². The standard InChI is InChI=1S/C16H15FO2.CO2/c1-10-4-7-15(17)14(8-10)13-6-5-12(9-11(13)2)16(18)19-3;2-1-3/h4-9H,1-3H3;. The molecule has 0 heterocycles. The summed E-state index contributed by atoms with van der Waals surface area (Å²) in [5.41, 5.74) is 3.64. The Morgan fingerprint density at radius 1 is 1.05 bits per heavy atom. The number of halogens is 1. The first-order valence-electron chi connectivity index (χ1n) is 6.39. The molecule has 0 unspecified atom stereocenters. The highest BCUT2D eigenvalue weighted by Crippen LogP contribution is 2.27. The van der Waals surface area contributed by atoms with E-state index in [1.165, 1.54) is 13.2 Å². The van der Waals surface area contributed by atoms with Gasteiger partial charge in [-0.2, -0.15) is 9.59 Å². The molecule has 2 aromatic carbocycles. The Kier molecular flexibility index (Phi) is 6.17. The molecule has 0 fully saturated rings. The van der Waals surface area contributed by atoms with Crippen molar-refractivity contribution in [3.8, 4) is 11.1 Å². The molecule has 0 aliphatic carbocycles.